The molecule has 0 spiro atoms. The van der Waals surface area contributed by atoms with Gasteiger partial charge in [-0.2, -0.15) is 0 Å². The lowest BCUT2D eigenvalue weighted by atomic mass is 10.1. The molecule has 2 aromatic carbocycles. The van der Waals surface area contributed by atoms with Gasteiger partial charge in [0.2, 0.25) is 0 Å². The van der Waals surface area contributed by atoms with Crippen LogP contribution in [0.3, 0.4) is 0 Å². The summed E-state index contributed by atoms with van der Waals surface area (Å²) in [6, 6.07) is 12.2. The second-order valence-corrected chi connectivity index (χ2v) is 7.21. The van der Waals surface area contributed by atoms with Gasteiger partial charge >= 0.3 is 0 Å². The van der Waals surface area contributed by atoms with Gasteiger partial charge in [0, 0.05) is 38.4 Å². The molecule has 0 saturated carbocycles. The zero-order valence-electron chi connectivity index (χ0n) is 16.7. The van der Waals surface area contributed by atoms with E-state index in [4.69, 9.17) is 9.47 Å². The van der Waals surface area contributed by atoms with Gasteiger partial charge < -0.3 is 19.5 Å². The molecule has 0 aromatic heterocycles. The fourth-order valence-electron chi connectivity index (χ4n) is 3.64. The van der Waals surface area contributed by atoms with Crippen molar-refractivity contribution in [3.8, 4) is 11.5 Å². The van der Waals surface area contributed by atoms with Crippen molar-refractivity contribution in [3.05, 3.63) is 53.1 Å². The molecule has 5 nitrogen and oxygen atoms in total. The predicted octanol–water partition coefficient (Wildman–Crippen LogP) is 3.18. The molecule has 2 aromatic rings. The number of aryl methyl sites for hydroxylation is 2. The number of piperazine rings is 1. The van der Waals surface area contributed by atoms with Crippen molar-refractivity contribution in [1.82, 2.24) is 4.90 Å². The molecule has 0 amide bonds. The van der Waals surface area contributed by atoms with Crippen molar-refractivity contribution in [2.45, 2.75) is 20.0 Å². The molecule has 0 radical (unpaired) electrons. The Morgan fingerprint density at radius 2 is 1.63 bits per heavy atom. The van der Waals surface area contributed by atoms with E-state index < -0.39 is 6.10 Å². The Morgan fingerprint density at radius 1 is 0.926 bits per heavy atom. The van der Waals surface area contributed by atoms with Crippen LogP contribution in [0.15, 0.2) is 36.4 Å². The number of hydrogen-bond donors (Lipinski definition) is 1. The highest BCUT2D eigenvalue weighted by molar-refractivity contribution is 5.55. The molecular formula is C22H30N2O3. The molecule has 1 saturated heterocycles. The molecule has 27 heavy (non-hydrogen) atoms. The maximum absolute atomic E-state index is 10.7. The summed E-state index contributed by atoms with van der Waals surface area (Å²) < 4.78 is 10.6. The van der Waals surface area contributed by atoms with Crippen molar-refractivity contribution < 1.29 is 14.6 Å². The molecule has 3 rings (SSSR count). The van der Waals surface area contributed by atoms with Crippen LogP contribution in [-0.2, 0) is 0 Å². The lowest BCUT2D eigenvalue weighted by Gasteiger charge is -2.37. The van der Waals surface area contributed by atoms with Crippen LogP contribution < -0.4 is 14.4 Å². The Morgan fingerprint density at radius 3 is 2.30 bits per heavy atom. The number of rotatable bonds is 6. The molecule has 1 aliphatic rings. The zero-order valence-corrected chi connectivity index (χ0v) is 16.7. The predicted molar refractivity (Wildman–Crippen MR) is 109 cm³/mol. The molecule has 0 unspecified atom stereocenters. The summed E-state index contributed by atoms with van der Waals surface area (Å²) in [5.41, 5.74) is 4.79. The summed E-state index contributed by atoms with van der Waals surface area (Å²) in [5.74, 6) is 1.32. The summed E-state index contributed by atoms with van der Waals surface area (Å²) in [4.78, 5) is 4.77. The number of β-amino-alcohol motifs (C(OH)–C–C–N with tert-alkyl or cyclic N) is 1. The maximum Gasteiger partial charge on any atom is 0.161 e. The molecule has 1 heterocycles. The first kappa shape index (κ1) is 19.5. The fraction of sp³-hybridized carbons (Fsp3) is 0.455. The van der Waals surface area contributed by atoms with Gasteiger partial charge in [-0.25, -0.2) is 0 Å². The molecule has 1 aliphatic heterocycles. The lowest BCUT2D eigenvalue weighted by molar-refractivity contribution is 0.109. The highest BCUT2D eigenvalue weighted by Gasteiger charge is 2.21. The fourth-order valence-corrected chi connectivity index (χ4v) is 3.64. The Bertz CT molecular complexity index is 770. The smallest absolute Gasteiger partial charge is 0.161 e. The Labute approximate surface area is 162 Å². The van der Waals surface area contributed by atoms with Crippen molar-refractivity contribution >= 4 is 5.69 Å². The van der Waals surface area contributed by atoms with Gasteiger partial charge in [0.25, 0.3) is 0 Å². The number of benzene rings is 2. The summed E-state index contributed by atoms with van der Waals surface area (Å²) in [7, 11) is 3.23. The van der Waals surface area contributed by atoms with E-state index in [-0.39, 0.29) is 0 Å². The van der Waals surface area contributed by atoms with Crippen LogP contribution in [0.25, 0.3) is 0 Å². The average Bonchev–Trinajstić information content (AvgIpc) is 2.69. The zero-order chi connectivity index (χ0) is 19.4. The number of ether oxygens (including phenoxy) is 2. The standard InChI is InChI=1S/C22H30N2O3/c1-16-5-6-17(2)19(13-16)24-11-9-23(10-12-24)15-20(25)18-7-8-21(26-3)22(14-18)27-4/h5-8,13-14,20,25H,9-12,15H2,1-4H3/t20-/m0/s1. The van der Waals surface area contributed by atoms with Crippen LogP contribution in [0.5, 0.6) is 11.5 Å². The SMILES string of the molecule is COc1ccc([C@@H](O)CN2CCN(c3cc(C)ccc3C)CC2)cc1OC. The van der Waals surface area contributed by atoms with Gasteiger partial charge in [0.05, 0.1) is 20.3 Å². The number of aliphatic hydroxyl groups excluding tert-OH is 1. The summed E-state index contributed by atoms with van der Waals surface area (Å²) >= 11 is 0. The second kappa shape index (κ2) is 8.63. The van der Waals surface area contributed by atoms with Gasteiger partial charge in [0.15, 0.2) is 11.5 Å². The minimum atomic E-state index is -0.544. The quantitative estimate of drug-likeness (QED) is 0.846. The number of nitrogens with zero attached hydrogens (tertiary/aromatic N) is 2. The topological polar surface area (TPSA) is 45.2 Å². The van der Waals surface area contributed by atoms with E-state index in [1.165, 1.54) is 16.8 Å². The van der Waals surface area contributed by atoms with E-state index in [0.717, 1.165) is 31.7 Å². The van der Waals surface area contributed by atoms with Crippen molar-refractivity contribution in [3.63, 3.8) is 0 Å². The van der Waals surface area contributed by atoms with Crippen LogP contribution >= 0.6 is 0 Å². The molecule has 1 N–H and O–H groups in total. The van der Waals surface area contributed by atoms with Gasteiger partial charge in [0.1, 0.15) is 0 Å². The van der Waals surface area contributed by atoms with Crippen LogP contribution in [-0.4, -0.2) is 56.9 Å². The van der Waals surface area contributed by atoms with Crippen molar-refractivity contribution in [2.24, 2.45) is 0 Å². The third kappa shape index (κ3) is 4.54. The van der Waals surface area contributed by atoms with E-state index in [1.54, 1.807) is 14.2 Å². The monoisotopic (exact) mass is 370 g/mol. The van der Waals surface area contributed by atoms with Crippen LogP contribution in [0.4, 0.5) is 5.69 Å². The number of aliphatic hydroxyl groups is 1. The molecular weight excluding hydrogens is 340 g/mol. The maximum atomic E-state index is 10.7. The van der Waals surface area contributed by atoms with E-state index in [2.05, 4.69) is 41.8 Å². The minimum Gasteiger partial charge on any atom is -0.493 e. The third-order valence-electron chi connectivity index (χ3n) is 5.30. The van der Waals surface area contributed by atoms with Crippen LogP contribution in [0, 0.1) is 13.8 Å². The highest BCUT2D eigenvalue weighted by atomic mass is 16.5. The van der Waals surface area contributed by atoms with E-state index >= 15 is 0 Å². The number of hydrogen-bond acceptors (Lipinski definition) is 5. The average molecular weight is 370 g/mol. The summed E-state index contributed by atoms with van der Waals surface area (Å²) in [6.45, 7) is 8.76. The number of anilines is 1. The highest BCUT2D eigenvalue weighted by Crippen LogP contribution is 2.30. The molecule has 1 fully saturated rings. The summed E-state index contributed by atoms with van der Waals surface area (Å²) in [5, 5.41) is 10.7. The van der Waals surface area contributed by atoms with E-state index in [9.17, 15) is 5.11 Å². The lowest BCUT2D eigenvalue weighted by Crippen LogP contribution is -2.47. The third-order valence-corrected chi connectivity index (χ3v) is 5.30. The van der Waals surface area contributed by atoms with Crippen molar-refractivity contribution in [2.75, 3.05) is 51.8 Å². The first-order valence-electron chi connectivity index (χ1n) is 9.46. The number of methoxy groups -OCH3 is 2. The Hall–Kier alpha value is -2.24. The van der Waals surface area contributed by atoms with Gasteiger partial charge in [-0.3, -0.25) is 4.90 Å². The molecule has 5 heteroatoms. The van der Waals surface area contributed by atoms with Gasteiger partial charge in [-0.15, -0.1) is 0 Å². The van der Waals surface area contributed by atoms with Gasteiger partial charge in [-0.1, -0.05) is 18.2 Å². The van der Waals surface area contributed by atoms with Crippen LogP contribution in [0.2, 0.25) is 0 Å². The first-order valence-corrected chi connectivity index (χ1v) is 9.46. The normalized spacial score (nSPS) is 16.3. The first-order chi connectivity index (χ1) is 13.0. The molecule has 0 bridgehead atoms. The van der Waals surface area contributed by atoms with Gasteiger partial charge in [-0.05, 0) is 48.7 Å². The molecule has 146 valence electrons. The Kier molecular flexibility index (Phi) is 6.24. The van der Waals surface area contributed by atoms with E-state index in [0.29, 0.717) is 18.0 Å². The summed E-state index contributed by atoms with van der Waals surface area (Å²) in [6.07, 6.45) is -0.544. The van der Waals surface area contributed by atoms with Crippen LogP contribution in [0.1, 0.15) is 22.8 Å². The molecule has 1 atom stereocenters. The van der Waals surface area contributed by atoms with E-state index in [1.807, 2.05) is 18.2 Å². The van der Waals surface area contributed by atoms with Crippen molar-refractivity contribution in [1.29, 1.82) is 0 Å². The second-order valence-electron chi connectivity index (χ2n) is 7.21. The largest absolute Gasteiger partial charge is 0.493 e. The molecule has 0 aliphatic carbocycles. The Balaban J connectivity index is 1.59. The minimum absolute atomic E-state index is 0.544.